The van der Waals surface area contributed by atoms with Crippen molar-refractivity contribution in [2.75, 3.05) is 13.1 Å². The van der Waals surface area contributed by atoms with E-state index in [1.54, 1.807) is 13.0 Å². The molecule has 0 aliphatic carbocycles. The van der Waals surface area contributed by atoms with Gasteiger partial charge in [-0.25, -0.2) is 12.8 Å². The van der Waals surface area contributed by atoms with Gasteiger partial charge in [-0.2, -0.15) is 9.57 Å². The number of nitrogens with zero attached hydrogens (tertiary/aromatic N) is 2. The van der Waals surface area contributed by atoms with Crippen LogP contribution in [0.4, 0.5) is 4.39 Å². The van der Waals surface area contributed by atoms with Gasteiger partial charge in [0, 0.05) is 6.54 Å². The Kier molecular flexibility index (Phi) is 3.99. The molecule has 6 heteroatoms. The Morgan fingerprint density at radius 1 is 1.38 bits per heavy atom. The summed E-state index contributed by atoms with van der Waals surface area (Å²) >= 11 is 0. The van der Waals surface area contributed by atoms with Crippen LogP contribution >= 0.6 is 0 Å². The molecule has 0 bridgehead atoms. The molecule has 0 spiro atoms. The Morgan fingerprint density at radius 3 is 2.38 bits per heavy atom. The number of benzene rings is 1. The Bertz CT molecular complexity index is 491. The molecular formula is C10H11FN2O2S. The molecular weight excluding hydrogens is 231 g/mol. The van der Waals surface area contributed by atoms with Gasteiger partial charge in [0.05, 0.1) is 11.0 Å². The molecule has 0 saturated heterocycles. The molecule has 4 nitrogen and oxygen atoms in total. The van der Waals surface area contributed by atoms with Gasteiger partial charge in [-0.15, -0.1) is 0 Å². The van der Waals surface area contributed by atoms with Crippen molar-refractivity contribution < 1.29 is 12.8 Å². The van der Waals surface area contributed by atoms with Crippen molar-refractivity contribution in [1.29, 1.82) is 5.26 Å². The maximum atomic E-state index is 12.6. The van der Waals surface area contributed by atoms with Gasteiger partial charge in [0.15, 0.2) is 0 Å². The molecule has 0 atom stereocenters. The smallest absolute Gasteiger partial charge is 0.207 e. The van der Waals surface area contributed by atoms with E-state index in [0.717, 1.165) is 16.4 Å². The highest BCUT2D eigenvalue weighted by Crippen LogP contribution is 2.15. The number of sulfonamides is 1. The molecule has 0 saturated carbocycles. The van der Waals surface area contributed by atoms with Crippen molar-refractivity contribution in [3.05, 3.63) is 30.1 Å². The number of hydrogen-bond acceptors (Lipinski definition) is 3. The molecule has 0 heterocycles. The summed E-state index contributed by atoms with van der Waals surface area (Å²) in [5, 5.41) is 8.51. The van der Waals surface area contributed by atoms with Gasteiger partial charge in [-0.05, 0) is 24.3 Å². The van der Waals surface area contributed by atoms with E-state index in [9.17, 15) is 12.8 Å². The molecule has 1 aromatic rings. The average Bonchev–Trinajstić information content (AvgIpc) is 2.26. The van der Waals surface area contributed by atoms with E-state index in [-0.39, 0.29) is 18.0 Å². The first kappa shape index (κ1) is 12.6. The van der Waals surface area contributed by atoms with Crippen molar-refractivity contribution in [3.63, 3.8) is 0 Å². The molecule has 0 N–H and O–H groups in total. The second kappa shape index (κ2) is 5.05. The fourth-order valence-electron chi connectivity index (χ4n) is 1.20. The van der Waals surface area contributed by atoms with E-state index < -0.39 is 15.8 Å². The Morgan fingerprint density at radius 2 is 1.94 bits per heavy atom. The molecule has 0 unspecified atom stereocenters. The second-order valence-corrected chi connectivity index (χ2v) is 4.98. The lowest BCUT2D eigenvalue weighted by molar-refractivity contribution is 0.462. The quantitative estimate of drug-likeness (QED) is 0.749. The van der Waals surface area contributed by atoms with E-state index in [4.69, 9.17) is 5.26 Å². The lowest BCUT2D eigenvalue weighted by Crippen LogP contribution is -2.31. The Balaban J connectivity index is 3.10. The predicted molar refractivity (Wildman–Crippen MR) is 56.4 cm³/mol. The average molecular weight is 242 g/mol. The van der Waals surface area contributed by atoms with Crippen molar-refractivity contribution in [3.8, 4) is 6.07 Å². The highest BCUT2D eigenvalue weighted by molar-refractivity contribution is 7.89. The van der Waals surface area contributed by atoms with Crippen LogP contribution in [0.15, 0.2) is 29.2 Å². The van der Waals surface area contributed by atoms with Crippen LogP contribution in [0.3, 0.4) is 0 Å². The molecule has 0 radical (unpaired) electrons. The standard InChI is InChI=1S/C10H11FN2O2S/c1-2-13(8-7-12)16(14,15)10-5-3-9(11)4-6-10/h3-6H,2,8H2,1H3. The summed E-state index contributed by atoms with van der Waals surface area (Å²) in [5.41, 5.74) is 0. The Labute approximate surface area is 94.0 Å². The fraction of sp³-hybridized carbons (Fsp3) is 0.300. The first-order chi connectivity index (χ1) is 7.52. The summed E-state index contributed by atoms with van der Waals surface area (Å²) in [5.74, 6) is -0.498. The van der Waals surface area contributed by atoms with E-state index in [0.29, 0.717) is 0 Å². The van der Waals surface area contributed by atoms with Crippen LogP contribution in [0.1, 0.15) is 6.92 Å². The zero-order valence-corrected chi connectivity index (χ0v) is 9.54. The third-order valence-corrected chi connectivity index (χ3v) is 3.99. The molecule has 0 amide bonds. The monoisotopic (exact) mass is 242 g/mol. The molecule has 0 aromatic heterocycles. The largest absolute Gasteiger partial charge is 0.244 e. The van der Waals surface area contributed by atoms with Gasteiger partial charge in [0.25, 0.3) is 0 Å². The van der Waals surface area contributed by atoms with E-state index in [2.05, 4.69) is 0 Å². The van der Waals surface area contributed by atoms with Crippen LogP contribution in [0.5, 0.6) is 0 Å². The lowest BCUT2D eigenvalue weighted by Gasteiger charge is -2.16. The van der Waals surface area contributed by atoms with Gasteiger partial charge in [-0.3, -0.25) is 0 Å². The minimum atomic E-state index is -3.69. The summed E-state index contributed by atoms with van der Waals surface area (Å²) in [6, 6.07) is 6.30. The fourth-order valence-corrected chi connectivity index (χ4v) is 2.55. The van der Waals surface area contributed by atoms with Crippen LogP contribution in [0.2, 0.25) is 0 Å². The minimum Gasteiger partial charge on any atom is -0.207 e. The van der Waals surface area contributed by atoms with Crippen LogP contribution in [0, 0.1) is 17.1 Å². The minimum absolute atomic E-state index is 0.00833. The maximum Gasteiger partial charge on any atom is 0.244 e. The highest BCUT2D eigenvalue weighted by atomic mass is 32.2. The van der Waals surface area contributed by atoms with E-state index >= 15 is 0 Å². The number of rotatable bonds is 4. The van der Waals surface area contributed by atoms with Gasteiger partial charge in [0.2, 0.25) is 10.0 Å². The summed E-state index contributed by atoms with van der Waals surface area (Å²) in [6.07, 6.45) is 0. The summed E-state index contributed by atoms with van der Waals surface area (Å²) < 4.78 is 37.5. The van der Waals surface area contributed by atoms with Crippen LogP contribution in [0.25, 0.3) is 0 Å². The second-order valence-electron chi connectivity index (χ2n) is 3.04. The maximum absolute atomic E-state index is 12.6. The molecule has 86 valence electrons. The van der Waals surface area contributed by atoms with Crippen molar-refractivity contribution >= 4 is 10.0 Å². The van der Waals surface area contributed by atoms with Crippen molar-refractivity contribution in [2.45, 2.75) is 11.8 Å². The van der Waals surface area contributed by atoms with Crippen molar-refractivity contribution in [1.82, 2.24) is 4.31 Å². The van der Waals surface area contributed by atoms with E-state index in [1.807, 2.05) is 0 Å². The lowest BCUT2D eigenvalue weighted by atomic mass is 10.4. The molecule has 0 aliphatic rings. The topological polar surface area (TPSA) is 61.2 Å². The van der Waals surface area contributed by atoms with Gasteiger partial charge < -0.3 is 0 Å². The first-order valence-electron chi connectivity index (χ1n) is 4.65. The van der Waals surface area contributed by atoms with Crippen molar-refractivity contribution in [2.24, 2.45) is 0 Å². The molecule has 0 fully saturated rings. The van der Waals surface area contributed by atoms with Crippen LogP contribution < -0.4 is 0 Å². The summed E-state index contributed by atoms with van der Waals surface area (Å²) in [7, 11) is -3.69. The predicted octanol–water partition coefficient (Wildman–Crippen LogP) is 1.36. The third kappa shape index (κ3) is 2.56. The van der Waals surface area contributed by atoms with E-state index in [1.165, 1.54) is 12.1 Å². The normalized spacial score (nSPS) is 11.4. The molecule has 0 aliphatic heterocycles. The number of nitriles is 1. The first-order valence-corrected chi connectivity index (χ1v) is 6.09. The summed E-state index contributed by atoms with van der Waals surface area (Å²) in [4.78, 5) is -0.00833. The molecule has 16 heavy (non-hydrogen) atoms. The van der Waals surface area contributed by atoms with Crippen LogP contribution in [-0.2, 0) is 10.0 Å². The number of halogens is 1. The molecule has 1 aromatic carbocycles. The SMILES string of the molecule is CCN(CC#N)S(=O)(=O)c1ccc(F)cc1. The van der Waals surface area contributed by atoms with Gasteiger partial charge in [0.1, 0.15) is 12.4 Å². The molecule has 1 rings (SSSR count). The number of hydrogen-bond donors (Lipinski definition) is 0. The van der Waals surface area contributed by atoms with Gasteiger partial charge >= 0.3 is 0 Å². The Hall–Kier alpha value is -1.45. The van der Waals surface area contributed by atoms with Gasteiger partial charge in [-0.1, -0.05) is 6.92 Å². The zero-order chi connectivity index (χ0) is 12.2. The highest BCUT2D eigenvalue weighted by Gasteiger charge is 2.22. The summed E-state index contributed by atoms with van der Waals surface area (Å²) in [6.45, 7) is 1.63. The van der Waals surface area contributed by atoms with Crippen LogP contribution in [-0.4, -0.2) is 25.8 Å². The zero-order valence-electron chi connectivity index (χ0n) is 8.72. The third-order valence-electron chi connectivity index (χ3n) is 2.05.